The summed E-state index contributed by atoms with van der Waals surface area (Å²) in [6.45, 7) is 4.83. The van der Waals surface area contributed by atoms with Crippen LogP contribution >= 0.6 is 11.6 Å². The number of rotatable bonds is 6. The van der Waals surface area contributed by atoms with Gasteiger partial charge in [0.25, 0.3) is 0 Å². The second-order valence-corrected chi connectivity index (χ2v) is 5.47. The number of aromatic nitrogens is 2. The van der Waals surface area contributed by atoms with E-state index in [-0.39, 0.29) is 11.9 Å². The van der Waals surface area contributed by atoms with Gasteiger partial charge in [-0.2, -0.15) is 0 Å². The first-order chi connectivity index (χ1) is 10.1. The summed E-state index contributed by atoms with van der Waals surface area (Å²) in [7, 11) is 0. The van der Waals surface area contributed by atoms with Gasteiger partial charge >= 0.3 is 0 Å². The molecule has 0 spiro atoms. The van der Waals surface area contributed by atoms with Crippen LogP contribution in [0.1, 0.15) is 36.3 Å². The first-order valence-corrected chi connectivity index (χ1v) is 7.43. The Hall–Kier alpha value is -1.52. The van der Waals surface area contributed by atoms with E-state index in [0.29, 0.717) is 17.0 Å². The van der Waals surface area contributed by atoms with Crippen molar-refractivity contribution >= 4 is 11.6 Å². The third kappa shape index (κ3) is 4.48. The molecule has 0 amide bonds. The molecule has 5 heteroatoms. The maximum absolute atomic E-state index is 14.0. The van der Waals surface area contributed by atoms with Crippen molar-refractivity contribution in [3.05, 3.63) is 58.4 Å². The Morgan fingerprint density at radius 3 is 2.71 bits per heavy atom. The molecule has 0 saturated heterocycles. The molecule has 1 heterocycles. The van der Waals surface area contributed by atoms with E-state index in [1.54, 1.807) is 24.5 Å². The van der Waals surface area contributed by atoms with Gasteiger partial charge in [0.1, 0.15) is 5.82 Å². The molecule has 0 fully saturated rings. The lowest BCUT2D eigenvalue weighted by atomic mass is 10.0. The Morgan fingerprint density at radius 2 is 2.10 bits per heavy atom. The van der Waals surface area contributed by atoms with Gasteiger partial charge in [0.05, 0.1) is 23.6 Å². The van der Waals surface area contributed by atoms with Crippen molar-refractivity contribution in [3.8, 4) is 0 Å². The van der Waals surface area contributed by atoms with E-state index in [9.17, 15) is 4.39 Å². The zero-order valence-electron chi connectivity index (χ0n) is 12.2. The van der Waals surface area contributed by atoms with Crippen LogP contribution in [0, 0.1) is 12.7 Å². The molecule has 1 unspecified atom stereocenters. The number of nitrogens with zero attached hydrogens (tertiary/aromatic N) is 2. The molecule has 0 aliphatic heterocycles. The minimum absolute atomic E-state index is 0.0614. The predicted molar refractivity (Wildman–Crippen MR) is 82.9 cm³/mol. The minimum Gasteiger partial charge on any atom is -0.308 e. The van der Waals surface area contributed by atoms with Gasteiger partial charge in [-0.15, -0.1) is 0 Å². The third-order valence-corrected chi connectivity index (χ3v) is 3.47. The molecule has 2 rings (SSSR count). The van der Waals surface area contributed by atoms with E-state index in [4.69, 9.17) is 11.6 Å². The molecule has 0 bridgehead atoms. The van der Waals surface area contributed by atoms with E-state index in [2.05, 4.69) is 22.2 Å². The van der Waals surface area contributed by atoms with Crippen LogP contribution < -0.4 is 5.32 Å². The van der Waals surface area contributed by atoms with Crippen molar-refractivity contribution < 1.29 is 4.39 Å². The van der Waals surface area contributed by atoms with Gasteiger partial charge in [0.2, 0.25) is 0 Å². The van der Waals surface area contributed by atoms with E-state index in [1.807, 2.05) is 6.92 Å². The number of hydrogen-bond acceptors (Lipinski definition) is 3. The van der Waals surface area contributed by atoms with Crippen LogP contribution in [0.3, 0.4) is 0 Å². The van der Waals surface area contributed by atoms with Gasteiger partial charge < -0.3 is 5.32 Å². The molecule has 0 aliphatic carbocycles. The Morgan fingerprint density at radius 1 is 1.29 bits per heavy atom. The molecule has 0 radical (unpaired) electrons. The van der Waals surface area contributed by atoms with Gasteiger partial charge in [0, 0.05) is 11.2 Å². The summed E-state index contributed by atoms with van der Waals surface area (Å²) in [4.78, 5) is 8.67. The van der Waals surface area contributed by atoms with E-state index >= 15 is 0 Å². The molecule has 0 saturated carbocycles. The maximum Gasteiger partial charge on any atom is 0.127 e. The Labute approximate surface area is 129 Å². The summed E-state index contributed by atoms with van der Waals surface area (Å²) >= 11 is 5.79. The lowest BCUT2D eigenvalue weighted by molar-refractivity contribution is 0.501. The quantitative estimate of drug-likeness (QED) is 0.880. The van der Waals surface area contributed by atoms with Crippen molar-refractivity contribution in [3.63, 3.8) is 0 Å². The lowest BCUT2D eigenvalue weighted by Gasteiger charge is -2.18. The van der Waals surface area contributed by atoms with Crippen LogP contribution in [-0.2, 0) is 6.42 Å². The fourth-order valence-electron chi connectivity index (χ4n) is 2.09. The highest BCUT2D eigenvalue weighted by Gasteiger charge is 2.16. The summed E-state index contributed by atoms with van der Waals surface area (Å²) in [6, 6.07) is 4.71. The van der Waals surface area contributed by atoms with Crippen molar-refractivity contribution in [2.75, 3.05) is 6.54 Å². The fraction of sp³-hybridized carbons (Fsp3) is 0.375. The highest BCUT2D eigenvalue weighted by molar-refractivity contribution is 6.30. The van der Waals surface area contributed by atoms with E-state index in [0.717, 1.165) is 24.4 Å². The molecule has 112 valence electrons. The van der Waals surface area contributed by atoms with Crippen LogP contribution in [0.2, 0.25) is 5.02 Å². The van der Waals surface area contributed by atoms with Crippen molar-refractivity contribution in [1.29, 1.82) is 0 Å². The molecule has 1 aromatic heterocycles. The van der Waals surface area contributed by atoms with Crippen LogP contribution in [-0.4, -0.2) is 16.5 Å². The zero-order chi connectivity index (χ0) is 15.2. The van der Waals surface area contributed by atoms with Gasteiger partial charge in [-0.3, -0.25) is 9.97 Å². The highest BCUT2D eigenvalue weighted by Crippen LogP contribution is 2.21. The second kappa shape index (κ2) is 7.48. The van der Waals surface area contributed by atoms with Gasteiger partial charge in [-0.1, -0.05) is 24.6 Å². The zero-order valence-corrected chi connectivity index (χ0v) is 13.0. The van der Waals surface area contributed by atoms with Crippen molar-refractivity contribution in [1.82, 2.24) is 15.3 Å². The molecule has 21 heavy (non-hydrogen) atoms. The largest absolute Gasteiger partial charge is 0.308 e. The van der Waals surface area contributed by atoms with E-state index in [1.165, 1.54) is 6.07 Å². The molecule has 3 nitrogen and oxygen atoms in total. The van der Waals surface area contributed by atoms with Crippen LogP contribution in [0.15, 0.2) is 30.6 Å². The summed E-state index contributed by atoms with van der Waals surface area (Å²) in [5, 5.41) is 3.80. The number of aryl methyl sites for hydroxylation is 1. The first kappa shape index (κ1) is 15.9. The normalized spacial score (nSPS) is 12.4. The molecule has 1 atom stereocenters. The summed E-state index contributed by atoms with van der Waals surface area (Å²) in [6.07, 6.45) is 4.99. The van der Waals surface area contributed by atoms with Gasteiger partial charge in [-0.25, -0.2) is 4.39 Å². The smallest absolute Gasteiger partial charge is 0.127 e. The van der Waals surface area contributed by atoms with Crippen molar-refractivity contribution in [2.45, 2.75) is 32.7 Å². The summed E-state index contributed by atoms with van der Waals surface area (Å²) in [5.74, 6) is -0.286. The number of hydrogen-bond donors (Lipinski definition) is 1. The lowest BCUT2D eigenvalue weighted by Crippen LogP contribution is -2.25. The first-order valence-electron chi connectivity index (χ1n) is 7.06. The molecule has 2 aromatic rings. The average molecular weight is 308 g/mol. The maximum atomic E-state index is 14.0. The Balaban J connectivity index is 2.21. The van der Waals surface area contributed by atoms with Gasteiger partial charge in [0.15, 0.2) is 0 Å². The minimum atomic E-state index is -0.286. The third-order valence-electron chi connectivity index (χ3n) is 3.24. The Kier molecular flexibility index (Phi) is 5.65. The second-order valence-electron chi connectivity index (χ2n) is 5.03. The van der Waals surface area contributed by atoms with Gasteiger partial charge in [-0.05, 0) is 44.0 Å². The topological polar surface area (TPSA) is 37.8 Å². The standard InChI is InChI=1S/C16H19ClFN3/c1-3-6-19-15(16-10-20-11(2)9-21-16)7-12-4-5-13(17)8-14(12)18/h4-5,8-10,15,19H,3,6-7H2,1-2H3. The monoisotopic (exact) mass is 307 g/mol. The number of halogens is 2. The number of benzene rings is 1. The molecular formula is C16H19ClFN3. The molecular weight excluding hydrogens is 289 g/mol. The Bertz CT molecular complexity index is 587. The fourth-order valence-corrected chi connectivity index (χ4v) is 2.25. The summed E-state index contributed by atoms with van der Waals surface area (Å²) < 4.78 is 14.0. The van der Waals surface area contributed by atoms with Crippen LogP contribution in [0.5, 0.6) is 0 Å². The van der Waals surface area contributed by atoms with Crippen LogP contribution in [0.25, 0.3) is 0 Å². The summed E-state index contributed by atoms with van der Waals surface area (Å²) in [5.41, 5.74) is 2.31. The average Bonchev–Trinajstić information content (AvgIpc) is 2.46. The molecule has 1 N–H and O–H groups in total. The van der Waals surface area contributed by atoms with E-state index < -0.39 is 0 Å². The van der Waals surface area contributed by atoms with Crippen molar-refractivity contribution in [2.24, 2.45) is 0 Å². The van der Waals surface area contributed by atoms with Crippen LogP contribution in [0.4, 0.5) is 4.39 Å². The predicted octanol–water partition coefficient (Wildman–Crippen LogP) is 3.86. The SMILES string of the molecule is CCCNC(Cc1ccc(Cl)cc1F)c1cnc(C)cn1. The molecule has 0 aliphatic rings. The molecule has 1 aromatic carbocycles. The number of nitrogens with one attached hydrogen (secondary N) is 1. The highest BCUT2D eigenvalue weighted by atomic mass is 35.5.